The third-order valence-corrected chi connectivity index (χ3v) is 8.47. The lowest BCUT2D eigenvalue weighted by Crippen LogP contribution is -2.06. The van der Waals surface area contributed by atoms with E-state index in [1.165, 1.54) is 23.9 Å². The number of hydrogen-bond donors (Lipinski definition) is 1. The van der Waals surface area contributed by atoms with Crippen molar-refractivity contribution in [2.75, 3.05) is 19.4 Å². The van der Waals surface area contributed by atoms with Gasteiger partial charge in [0.1, 0.15) is 0 Å². The fourth-order valence-electron chi connectivity index (χ4n) is 0.840. The second kappa shape index (κ2) is 11.5. The van der Waals surface area contributed by atoms with Gasteiger partial charge in [-0.25, -0.2) is 0 Å². The molecule has 0 aliphatic carbocycles. The van der Waals surface area contributed by atoms with Gasteiger partial charge < -0.3 is 4.52 Å². The summed E-state index contributed by atoms with van der Waals surface area (Å²) in [6.07, 6.45) is 5.95. The van der Waals surface area contributed by atoms with Crippen molar-refractivity contribution >= 4 is 34.3 Å². The third kappa shape index (κ3) is 10.0. The zero-order chi connectivity index (χ0) is 13.0. The van der Waals surface area contributed by atoms with Crippen LogP contribution in [0.4, 0.5) is 0 Å². The molecule has 17 heavy (non-hydrogen) atoms. The molecular weight excluding hydrogens is 275 g/mol. The SMILES string of the molecule is CCCCN=CNP(=O)(OC)SSCCCC. The maximum atomic E-state index is 12.1. The van der Waals surface area contributed by atoms with E-state index in [1.54, 1.807) is 10.8 Å². The van der Waals surface area contributed by atoms with Gasteiger partial charge in [0.2, 0.25) is 0 Å². The first-order valence-electron chi connectivity index (χ1n) is 5.91. The van der Waals surface area contributed by atoms with Crippen LogP contribution < -0.4 is 5.09 Å². The van der Waals surface area contributed by atoms with E-state index in [2.05, 4.69) is 23.9 Å². The number of aliphatic imine (C=N–C) groups is 1. The summed E-state index contributed by atoms with van der Waals surface area (Å²) in [4.78, 5) is 4.13. The van der Waals surface area contributed by atoms with Gasteiger partial charge in [0.15, 0.2) is 0 Å². The molecule has 0 fully saturated rings. The van der Waals surface area contributed by atoms with Crippen molar-refractivity contribution in [1.82, 2.24) is 5.09 Å². The topological polar surface area (TPSA) is 50.7 Å². The average Bonchev–Trinajstić information content (AvgIpc) is 2.34. The summed E-state index contributed by atoms with van der Waals surface area (Å²) in [5.74, 6) is 0.989. The average molecular weight is 298 g/mol. The standard InChI is InChI=1S/C10H23N2O2PS2/c1-4-6-8-11-10-12-15(13,14-3)17-16-9-7-5-2/h10H,4-9H2,1-3H3,(H,11,12,13). The van der Waals surface area contributed by atoms with Crippen LogP contribution in [0.25, 0.3) is 0 Å². The molecule has 0 aliphatic rings. The Hall–Kier alpha value is 0.360. The maximum Gasteiger partial charge on any atom is 0.361 e. The van der Waals surface area contributed by atoms with Crippen LogP contribution in [0.5, 0.6) is 0 Å². The van der Waals surface area contributed by atoms with E-state index in [0.29, 0.717) is 0 Å². The van der Waals surface area contributed by atoms with Crippen LogP contribution in [0, 0.1) is 0 Å². The fourth-order valence-corrected chi connectivity index (χ4v) is 6.19. The lowest BCUT2D eigenvalue weighted by atomic mass is 10.3. The molecule has 4 nitrogen and oxygen atoms in total. The van der Waals surface area contributed by atoms with Crippen LogP contribution in [0.15, 0.2) is 4.99 Å². The molecule has 0 amide bonds. The number of nitrogens with one attached hydrogen (secondary N) is 1. The second-order valence-corrected chi connectivity index (χ2v) is 9.80. The highest BCUT2D eigenvalue weighted by Gasteiger charge is 2.21. The first-order valence-corrected chi connectivity index (χ1v) is 10.5. The van der Waals surface area contributed by atoms with Crippen molar-refractivity contribution < 1.29 is 9.09 Å². The Morgan fingerprint density at radius 2 is 2.06 bits per heavy atom. The Morgan fingerprint density at radius 1 is 1.35 bits per heavy atom. The van der Waals surface area contributed by atoms with Gasteiger partial charge in [0.25, 0.3) is 0 Å². The molecule has 1 atom stereocenters. The summed E-state index contributed by atoms with van der Waals surface area (Å²) in [5.41, 5.74) is 0. The minimum Gasteiger partial charge on any atom is -0.309 e. The van der Waals surface area contributed by atoms with Gasteiger partial charge in [-0.15, -0.1) is 0 Å². The van der Waals surface area contributed by atoms with Crippen LogP contribution >= 0.6 is 27.9 Å². The lowest BCUT2D eigenvalue weighted by molar-refractivity contribution is 0.406. The Bertz CT molecular complexity index is 252. The molecule has 0 radical (unpaired) electrons. The summed E-state index contributed by atoms with van der Waals surface area (Å²) in [6, 6.07) is 0. The summed E-state index contributed by atoms with van der Waals surface area (Å²) >= 11 is 0. The van der Waals surface area contributed by atoms with E-state index in [1.807, 2.05) is 0 Å². The van der Waals surface area contributed by atoms with E-state index in [-0.39, 0.29) is 0 Å². The molecule has 0 bridgehead atoms. The van der Waals surface area contributed by atoms with E-state index in [9.17, 15) is 4.57 Å². The summed E-state index contributed by atoms with van der Waals surface area (Å²) in [6.45, 7) is 2.21. The van der Waals surface area contributed by atoms with Crippen LogP contribution in [-0.4, -0.2) is 25.7 Å². The molecule has 0 aromatic rings. The molecule has 7 heteroatoms. The molecule has 1 N–H and O–H groups in total. The van der Waals surface area contributed by atoms with Crippen molar-refractivity contribution in [3.63, 3.8) is 0 Å². The highest BCUT2D eigenvalue weighted by atomic mass is 33.3. The van der Waals surface area contributed by atoms with Gasteiger partial charge in [-0.1, -0.05) is 37.5 Å². The molecule has 0 saturated carbocycles. The van der Waals surface area contributed by atoms with Crippen LogP contribution in [0.2, 0.25) is 0 Å². The van der Waals surface area contributed by atoms with E-state index >= 15 is 0 Å². The van der Waals surface area contributed by atoms with Gasteiger partial charge in [-0.2, -0.15) is 0 Å². The summed E-state index contributed by atoms with van der Waals surface area (Å²) in [5, 5.41) is 2.77. The maximum absolute atomic E-state index is 12.1. The molecule has 1 unspecified atom stereocenters. The monoisotopic (exact) mass is 298 g/mol. The van der Waals surface area contributed by atoms with Crippen molar-refractivity contribution in [2.24, 2.45) is 4.99 Å². The first kappa shape index (κ1) is 17.4. The molecular formula is C10H23N2O2PS2. The van der Waals surface area contributed by atoms with Gasteiger partial charge in [0, 0.05) is 29.8 Å². The van der Waals surface area contributed by atoms with Crippen LogP contribution in [0.1, 0.15) is 39.5 Å². The van der Waals surface area contributed by atoms with E-state index in [0.717, 1.165) is 38.0 Å². The molecule has 0 spiro atoms. The van der Waals surface area contributed by atoms with Crippen molar-refractivity contribution in [3.8, 4) is 0 Å². The molecule has 0 aromatic heterocycles. The number of unbranched alkanes of at least 4 members (excludes halogenated alkanes) is 2. The minimum atomic E-state index is -2.81. The van der Waals surface area contributed by atoms with E-state index in [4.69, 9.17) is 4.52 Å². The first-order chi connectivity index (χ1) is 8.18. The summed E-state index contributed by atoms with van der Waals surface area (Å²) < 4.78 is 17.1. The zero-order valence-electron chi connectivity index (χ0n) is 10.8. The minimum absolute atomic E-state index is 0.765. The Balaban J connectivity index is 3.84. The predicted molar refractivity (Wildman–Crippen MR) is 81.0 cm³/mol. The highest BCUT2D eigenvalue weighted by molar-refractivity contribution is 8.99. The molecule has 0 saturated heterocycles. The van der Waals surface area contributed by atoms with Gasteiger partial charge in [-0.3, -0.25) is 14.6 Å². The molecule has 0 rings (SSSR count). The Kier molecular flexibility index (Phi) is 11.7. The van der Waals surface area contributed by atoms with E-state index < -0.39 is 6.72 Å². The molecule has 0 aromatic carbocycles. The number of nitrogens with zero attached hydrogens (tertiary/aromatic N) is 1. The highest BCUT2D eigenvalue weighted by Crippen LogP contribution is 2.60. The molecule has 0 heterocycles. The fraction of sp³-hybridized carbons (Fsp3) is 0.900. The van der Waals surface area contributed by atoms with Crippen molar-refractivity contribution in [3.05, 3.63) is 0 Å². The molecule has 102 valence electrons. The van der Waals surface area contributed by atoms with Crippen molar-refractivity contribution in [1.29, 1.82) is 0 Å². The summed E-state index contributed by atoms with van der Waals surface area (Å²) in [7, 11) is 4.32. The normalized spacial score (nSPS) is 15.0. The van der Waals surface area contributed by atoms with Crippen molar-refractivity contribution in [2.45, 2.75) is 39.5 Å². The van der Waals surface area contributed by atoms with Crippen LogP contribution in [0.3, 0.4) is 0 Å². The third-order valence-electron chi connectivity index (χ3n) is 1.92. The number of hydrogen-bond acceptors (Lipinski definition) is 5. The quantitative estimate of drug-likeness (QED) is 0.202. The Labute approximate surface area is 112 Å². The lowest BCUT2D eigenvalue weighted by Gasteiger charge is -2.13. The largest absolute Gasteiger partial charge is 0.361 e. The zero-order valence-corrected chi connectivity index (χ0v) is 13.4. The number of rotatable bonds is 11. The van der Waals surface area contributed by atoms with Crippen LogP contribution in [-0.2, 0) is 9.09 Å². The van der Waals surface area contributed by atoms with Gasteiger partial charge in [0.05, 0.1) is 6.34 Å². The molecule has 0 aliphatic heterocycles. The Morgan fingerprint density at radius 3 is 2.65 bits per heavy atom. The van der Waals surface area contributed by atoms with Gasteiger partial charge in [-0.05, 0) is 12.8 Å². The smallest absolute Gasteiger partial charge is 0.309 e. The second-order valence-electron chi connectivity index (χ2n) is 3.45. The van der Waals surface area contributed by atoms with Gasteiger partial charge >= 0.3 is 6.72 Å². The predicted octanol–water partition coefficient (Wildman–Crippen LogP) is 4.34.